The zero-order valence-corrected chi connectivity index (χ0v) is 46.6. The minimum absolute atomic E-state index is 0.116. The number of rotatable bonds is 18. The summed E-state index contributed by atoms with van der Waals surface area (Å²) < 4.78 is 12.7. The summed E-state index contributed by atoms with van der Waals surface area (Å²) in [5.74, 6) is -0.240. The molecule has 2 amide bonds. The molecule has 9 aromatic rings. The van der Waals surface area contributed by atoms with E-state index in [9.17, 15) is 0 Å². The summed E-state index contributed by atoms with van der Waals surface area (Å²) in [6.07, 6.45) is 1.05. The summed E-state index contributed by atoms with van der Waals surface area (Å²) in [5, 5.41) is 14.0. The number of hydrogen-bond acceptors (Lipinski definition) is 11. The molecule has 81 heavy (non-hydrogen) atoms. The maximum absolute atomic E-state index is 15.6. The predicted octanol–water partition coefficient (Wildman–Crippen LogP) is 13.5. The van der Waals surface area contributed by atoms with E-state index < -0.39 is 34.6 Å². The largest absolute Gasteiger partial charge is 0.469 e. The number of nitrogens with one attached hydrogen (secondary N) is 2. The number of hydrogen-bond donors (Lipinski definition) is 2. The molecule has 0 radical (unpaired) electrons. The Morgan fingerprint density at radius 2 is 1.06 bits per heavy atom. The second kappa shape index (κ2) is 24.1. The van der Waals surface area contributed by atoms with Gasteiger partial charge in [-0.3, -0.25) is 14.5 Å². The van der Waals surface area contributed by atoms with Gasteiger partial charge in [0.15, 0.2) is 10.8 Å². The highest BCUT2D eigenvalue weighted by molar-refractivity contribution is 8.00. The van der Waals surface area contributed by atoms with Crippen molar-refractivity contribution in [2.24, 2.45) is 11.1 Å². The average molecular weight is 1120 g/mol. The number of thioether (sulfide) groups is 1. The minimum atomic E-state index is -1.34. The van der Waals surface area contributed by atoms with Gasteiger partial charge in [-0.1, -0.05) is 248 Å². The molecule has 8 aromatic carbocycles. The van der Waals surface area contributed by atoms with Gasteiger partial charge in [-0.05, 0) is 64.4 Å². The monoisotopic (exact) mass is 1120 g/mol. The second-order valence-electron chi connectivity index (χ2n) is 20.0. The van der Waals surface area contributed by atoms with Gasteiger partial charge in [-0.25, -0.2) is 4.98 Å². The fourth-order valence-electron chi connectivity index (χ4n) is 11.3. The van der Waals surface area contributed by atoms with Crippen LogP contribution in [0.25, 0.3) is 0 Å². The van der Waals surface area contributed by atoms with Crippen molar-refractivity contribution >= 4 is 63.0 Å². The molecule has 0 aliphatic carbocycles. The van der Waals surface area contributed by atoms with Crippen LogP contribution in [-0.4, -0.2) is 62.8 Å². The number of carbonyl (C=O) groups is 2. The van der Waals surface area contributed by atoms with Crippen LogP contribution in [0.5, 0.6) is 0 Å². The predicted molar refractivity (Wildman–Crippen MR) is 326 cm³/mol. The molecule has 13 heteroatoms. The van der Waals surface area contributed by atoms with Crippen molar-refractivity contribution in [2.45, 2.75) is 41.5 Å². The maximum atomic E-state index is 15.6. The minimum Gasteiger partial charge on any atom is -0.469 e. The number of thiocarbonyl (C=S) groups is 1. The molecule has 3 aliphatic rings. The highest BCUT2D eigenvalue weighted by Crippen LogP contribution is 2.47. The van der Waals surface area contributed by atoms with Crippen LogP contribution in [0, 0.1) is 5.92 Å². The van der Waals surface area contributed by atoms with Crippen LogP contribution in [0.15, 0.2) is 264 Å². The van der Waals surface area contributed by atoms with Gasteiger partial charge in [0, 0.05) is 41.0 Å². The number of thiazole rings is 1. The highest BCUT2D eigenvalue weighted by atomic mass is 32.2. The van der Waals surface area contributed by atoms with E-state index in [1.54, 1.807) is 16.7 Å². The molecular formula is C68H57N5O5S3. The van der Waals surface area contributed by atoms with E-state index in [0.29, 0.717) is 29.8 Å². The lowest BCUT2D eigenvalue weighted by Gasteiger charge is -2.51. The maximum Gasteiger partial charge on any atom is 0.276 e. The van der Waals surface area contributed by atoms with Gasteiger partial charge in [-0.2, -0.15) is 0 Å². The molecule has 1 unspecified atom stereocenters. The lowest BCUT2D eigenvalue weighted by atomic mass is 9.77. The zero-order chi connectivity index (χ0) is 55.0. The number of oxime groups is 1. The summed E-state index contributed by atoms with van der Waals surface area (Å²) >= 11 is 9.27. The van der Waals surface area contributed by atoms with Crippen LogP contribution in [0.4, 0.5) is 5.13 Å². The van der Waals surface area contributed by atoms with Crippen LogP contribution < -0.4 is 10.6 Å². The number of ether oxygens (including phenoxy) is 2. The van der Waals surface area contributed by atoms with Crippen molar-refractivity contribution in [1.82, 2.24) is 15.2 Å². The van der Waals surface area contributed by atoms with Gasteiger partial charge >= 0.3 is 0 Å². The van der Waals surface area contributed by atoms with Crippen LogP contribution in [0.3, 0.4) is 0 Å². The van der Waals surface area contributed by atoms with Crippen molar-refractivity contribution in [2.75, 3.05) is 24.3 Å². The van der Waals surface area contributed by atoms with Gasteiger partial charge in [0.25, 0.3) is 11.8 Å². The van der Waals surface area contributed by atoms with E-state index in [2.05, 4.69) is 47.0 Å². The Bertz CT molecular complexity index is 3430. The van der Waals surface area contributed by atoms with Crippen molar-refractivity contribution in [3.63, 3.8) is 0 Å². The summed E-state index contributed by atoms with van der Waals surface area (Å²) in [4.78, 5) is 44.8. The van der Waals surface area contributed by atoms with E-state index in [1.165, 1.54) is 11.3 Å². The van der Waals surface area contributed by atoms with E-state index in [-0.39, 0.29) is 28.3 Å². The third-order valence-corrected chi connectivity index (χ3v) is 17.7. The molecule has 402 valence electrons. The molecule has 1 aromatic heterocycles. The fourth-order valence-corrected chi connectivity index (χ4v) is 13.9. The second-order valence-corrected chi connectivity index (χ2v) is 22.4. The van der Waals surface area contributed by atoms with E-state index in [1.807, 2.05) is 212 Å². The number of amides is 2. The zero-order valence-electron chi connectivity index (χ0n) is 44.1. The molecule has 2 N–H and O–H groups in total. The third kappa shape index (κ3) is 10.6. The SMILES string of the molecule is O=C(NC1C(=O)N2C(C(=S)OC(c3ccccc3)c3ccccc3)=C(C3CCOCC3)CS[C@H]12)/C(=N/OC(c1ccccc1)(c1ccccc1)c1ccccc1)c1csc(NC(c2ccccc2)(c2ccccc2)c2ccccc2)n1. The number of nitrogens with zero attached hydrogens (tertiary/aromatic N) is 3. The van der Waals surface area contributed by atoms with Crippen LogP contribution in [0.2, 0.25) is 0 Å². The Morgan fingerprint density at radius 1 is 0.630 bits per heavy atom. The number of fused-ring (bicyclic) bond motifs is 1. The number of carbonyl (C=O) groups excluding carboxylic acids is 2. The van der Waals surface area contributed by atoms with Crippen LogP contribution in [0.1, 0.15) is 69.1 Å². The topological polar surface area (TPSA) is 114 Å². The first-order valence-corrected chi connectivity index (χ1v) is 29.5. The first-order valence-electron chi connectivity index (χ1n) is 27.1. The lowest BCUT2D eigenvalue weighted by molar-refractivity contribution is -0.144. The Labute approximate surface area is 485 Å². The molecule has 3 aliphatic heterocycles. The van der Waals surface area contributed by atoms with Gasteiger partial charge in [0.05, 0.1) is 5.70 Å². The van der Waals surface area contributed by atoms with Gasteiger partial charge in [-0.15, -0.1) is 23.1 Å². The summed E-state index contributed by atoms with van der Waals surface area (Å²) in [6, 6.07) is 79.4. The Kier molecular flexibility index (Phi) is 15.8. The first kappa shape index (κ1) is 53.2. The van der Waals surface area contributed by atoms with Gasteiger partial charge in [0.2, 0.25) is 10.7 Å². The van der Waals surface area contributed by atoms with Crippen molar-refractivity contribution < 1.29 is 23.9 Å². The molecule has 0 spiro atoms. The molecule has 2 saturated heterocycles. The van der Waals surface area contributed by atoms with E-state index >= 15 is 9.59 Å². The molecule has 2 fully saturated rings. The Hall–Kier alpha value is -8.46. The number of β-lactam (4-membered cyclic amide) rings is 1. The van der Waals surface area contributed by atoms with E-state index in [0.717, 1.165) is 62.9 Å². The summed E-state index contributed by atoms with van der Waals surface area (Å²) in [5.41, 5.74) is 6.69. The summed E-state index contributed by atoms with van der Waals surface area (Å²) in [6.45, 7) is 1.21. The quantitative estimate of drug-likeness (QED) is 0.0285. The molecule has 12 rings (SSSR count). The standard InChI is InChI=1S/C68H57N5O5S3/c74-62(70-59-63(75)73-60(56(45-80-64(59)73)47-41-43-76-44-42-47)65(79)77-61(48-25-9-1-10-26-48)49-27-11-2-12-28-49)58(72-78-68(53-35-19-6-20-36-53,54-37-21-7-22-38-54)55-39-23-8-24-40-55)57-46-81-66(69-57)71-67(50-29-13-3-14-30-50,51-31-15-4-16-32-51)52-33-17-5-18-34-52/h1-40,46-47,59,61,64H,41-45H2,(H,69,71)(H,70,74)/b72-58+/t59?,64-/m1/s1. The first-order chi connectivity index (χ1) is 39.9. The van der Waals surface area contributed by atoms with Gasteiger partial charge in [0.1, 0.15) is 28.8 Å². The lowest BCUT2D eigenvalue weighted by Crippen LogP contribution is -2.71. The van der Waals surface area contributed by atoms with Gasteiger partial charge < -0.3 is 24.9 Å². The number of anilines is 1. The summed E-state index contributed by atoms with van der Waals surface area (Å²) in [7, 11) is 0. The smallest absolute Gasteiger partial charge is 0.276 e. The highest BCUT2D eigenvalue weighted by Gasteiger charge is 2.55. The average Bonchev–Trinajstić information content (AvgIpc) is 4.15. The molecule has 4 heterocycles. The Balaban J connectivity index is 0.936. The van der Waals surface area contributed by atoms with Crippen molar-refractivity contribution in [1.29, 1.82) is 0 Å². The normalized spacial score (nSPS) is 16.7. The van der Waals surface area contributed by atoms with Crippen molar-refractivity contribution in [3.05, 3.63) is 310 Å². The molecular weight excluding hydrogens is 1060 g/mol. The molecule has 0 bridgehead atoms. The van der Waals surface area contributed by atoms with E-state index in [4.69, 9.17) is 36.7 Å². The Morgan fingerprint density at radius 3 is 1.52 bits per heavy atom. The number of aromatic nitrogens is 1. The number of benzene rings is 8. The molecule has 0 saturated carbocycles. The van der Waals surface area contributed by atoms with Crippen molar-refractivity contribution in [3.8, 4) is 0 Å². The van der Waals surface area contributed by atoms with Crippen LogP contribution in [-0.2, 0) is 35.0 Å². The third-order valence-electron chi connectivity index (χ3n) is 15.3. The molecule has 2 atom stereocenters. The van der Waals surface area contributed by atoms with Crippen LogP contribution >= 0.6 is 35.3 Å². The fraction of sp³-hybridized carbons (Fsp3) is 0.162. The molecule has 10 nitrogen and oxygen atoms in total.